The summed E-state index contributed by atoms with van der Waals surface area (Å²) in [5, 5.41) is 4.67. The van der Waals surface area contributed by atoms with Gasteiger partial charge in [0, 0.05) is 41.8 Å². The van der Waals surface area contributed by atoms with Crippen molar-refractivity contribution in [2.45, 2.75) is 63.1 Å². The first-order chi connectivity index (χ1) is 20.7. The second-order valence-electron chi connectivity index (χ2n) is 11.0. The Kier molecular flexibility index (Phi) is 9.52. The summed E-state index contributed by atoms with van der Waals surface area (Å²) in [5.41, 5.74) is 2.48. The van der Waals surface area contributed by atoms with Crippen molar-refractivity contribution in [3.8, 4) is 0 Å². The highest BCUT2D eigenvalue weighted by Gasteiger charge is 2.36. The predicted octanol–water partition coefficient (Wildman–Crippen LogP) is 6.45. The molecule has 224 valence electrons. The molecule has 0 aromatic heterocycles. The van der Waals surface area contributed by atoms with Crippen molar-refractivity contribution in [3.05, 3.63) is 107 Å². The minimum Gasteiger partial charge on any atom is -0.352 e. The normalized spacial score (nSPS) is 14.8. The molecule has 1 N–H and O–H groups in total. The molecule has 9 heteroatoms. The second kappa shape index (κ2) is 13.3. The van der Waals surface area contributed by atoms with Crippen LogP contribution in [0.5, 0.6) is 0 Å². The minimum atomic E-state index is -3.72. The van der Waals surface area contributed by atoms with Crippen LogP contribution in [0.4, 0.5) is 5.69 Å². The van der Waals surface area contributed by atoms with E-state index in [9.17, 15) is 18.0 Å². The maximum absolute atomic E-state index is 14.0. The summed E-state index contributed by atoms with van der Waals surface area (Å²) < 4.78 is 29.2. The van der Waals surface area contributed by atoms with Crippen LogP contribution >= 0.6 is 15.9 Å². The quantitative estimate of drug-likeness (QED) is 0.189. The highest BCUT2D eigenvalue weighted by molar-refractivity contribution is 9.10. The molecule has 1 heterocycles. The van der Waals surface area contributed by atoms with Gasteiger partial charge in [-0.25, -0.2) is 8.42 Å². The number of amides is 2. The molecule has 4 aromatic carbocycles. The molecule has 7 nitrogen and oxygen atoms in total. The molecule has 0 radical (unpaired) electrons. The largest absolute Gasteiger partial charge is 0.352 e. The van der Waals surface area contributed by atoms with Crippen LogP contribution in [-0.4, -0.2) is 43.8 Å². The van der Waals surface area contributed by atoms with E-state index in [1.165, 1.54) is 4.31 Å². The van der Waals surface area contributed by atoms with Gasteiger partial charge >= 0.3 is 0 Å². The fourth-order valence-electron chi connectivity index (χ4n) is 5.54. The maximum atomic E-state index is 14.0. The van der Waals surface area contributed by atoms with Crippen LogP contribution in [-0.2, 0) is 32.6 Å². The SMILES string of the molecule is CC[C@@H](C)NC(=O)[C@H](Cc1ccccc1)N(Cc1cccc(Br)c1)C(=O)CCCN1c2cccc3cccc(c23)S1(=O)=O. The number of hydrogen-bond donors (Lipinski definition) is 1. The lowest BCUT2D eigenvalue weighted by Crippen LogP contribution is -2.52. The zero-order valence-electron chi connectivity index (χ0n) is 24.4. The number of rotatable bonds is 12. The number of nitrogens with zero attached hydrogens (tertiary/aromatic N) is 2. The molecule has 5 rings (SSSR count). The Bertz CT molecular complexity index is 1720. The Balaban J connectivity index is 1.40. The Morgan fingerprint density at radius 2 is 1.63 bits per heavy atom. The van der Waals surface area contributed by atoms with Gasteiger partial charge in [0.1, 0.15) is 6.04 Å². The Labute approximate surface area is 262 Å². The van der Waals surface area contributed by atoms with Crippen molar-refractivity contribution in [1.82, 2.24) is 10.2 Å². The lowest BCUT2D eigenvalue weighted by Gasteiger charge is -2.32. The maximum Gasteiger partial charge on any atom is 0.265 e. The summed E-state index contributed by atoms with van der Waals surface area (Å²) in [6, 6.07) is 27.5. The van der Waals surface area contributed by atoms with Crippen LogP contribution in [0.25, 0.3) is 10.8 Å². The van der Waals surface area contributed by atoms with E-state index in [2.05, 4.69) is 21.2 Å². The van der Waals surface area contributed by atoms with Gasteiger partial charge in [-0.05, 0) is 60.5 Å². The molecule has 0 unspecified atom stereocenters. The number of halogens is 1. The number of benzene rings is 4. The second-order valence-corrected chi connectivity index (χ2v) is 13.7. The van der Waals surface area contributed by atoms with Gasteiger partial charge in [-0.2, -0.15) is 0 Å². The van der Waals surface area contributed by atoms with Crippen LogP contribution in [0.15, 0.2) is 100 Å². The molecular weight excluding hydrogens is 626 g/mol. The topological polar surface area (TPSA) is 86.8 Å². The zero-order valence-corrected chi connectivity index (χ0v) is 26.8. The molecule has 0 saturated heterocycles. The standard InChI is InChI=1S/C34H36BrN3O4S/c1-3-24(2)36-34(40)30(22-25-11-5-4-6-12-25)37(23-26-13-7-16-28(35)21-26)32(39)19-10-20-38-29-17-8-14-27-15-9-18-31(33(27)29)43(38,41)42/h4-9,11-18,21,24,30H,3,10,19-20,22-23H2,1-2H3,(H,36,40)/t24-,30+/m1/s1. The van der Waals surface area contributed by atoms with Crippen molar-refractivity contribution in [3.63, 3.8) is 0 Å². The molecule has 1 aliphatic rings. The van der Waals surface area contributed by atoms with E-state index in [1.807, 2.05) is 92.7 Å². The van der Waals surface area contributed by atoms with Gasteiger partial charge in [0.15, 0.2) is 0 Å². The Morgan fingerprint density at radius 3 is 2.35 bits per heavy atom. The summed E-state index contributed by atoms with van der Waals surface area (Å²) in [5.74, 6) is -0.404. The summed E-state index contributed by atoms with van der Waals surface area (Å²) in [6.45, 7) is 4.37. The molecule has 1 aliphatic heterocycles. The van der Waals surface area contributed by atoms with Gasteiger partial charge in [-0.15, -0.1) is 0 Å². The van der Waals surface area contributed by atoms with Gasteiger partial charge in [-0.1, -0.05) is 89.6 Å². The molecule has 0 aliphatic carbocycles. The summed E-state index contributed by atoms with van der Waals surface area (Å²) in [7, 11) is -3.72. The molecule has 0 fully saturated rings. The third-order valence-electron chi connectivity index (χ3n) is 7.95. The zero-order chi connectivity index (χ0) is 30.6. The number of carbonyl (C=O) groups excluding carboxylic acids is 2. The lowest BCUT2D eigenvalue weighted by atomic mass is 10.0. The number of sulfonamides is 1. The Morgan fingerprint density at radius 1 is 0.930 bits per heavy atom. The van der Waals surface area contributed by atoms with Gasteiger partial charge < -0.3 is 10.2 Å². The molecule has 0 bridgehead atoms. The molecule has 0 spiro atoms. The highest BCUT2D eigenvalue weighted by Crippen LogP contribution is 2.42. The third kappa shape index (κ3) is 6.78. The molecular formula is C34H36BrN3O4S. The highest BCUT2D eigenvalue weighted by atomic mass is 79.9. The van der Waals surface area contributed by atoms with Crippen LogP contribution in [0.2, 0.25) is 0 Å². The molecule has 0 saturated carbocycles. The molecule has 2 atom stereocenters. The monoisotopic (exact) mass is 661 g/mol. The van der Waals surface area contributed by atoms with Crippen molar-refractivity contribution < 1.29 is 18.0 Å². The number of hydrogen-bond acceptors (Lipinski definition) is 4. The predicted molar refractivity (Wildman–Crippen MR) is 174 cm³/mol. The molecule has 4 aromatic rings. The minimum absolute atomic E-state index is 0.0432. The summed E-state index contributed by atoms with van der Waals surface area (Å²) in [6.07, 6.45) is 1.53. The first-order valence-corrected chi connectivity index (χ1v) is 16.8. The van der Waals surface area contributed by atoms with Gasteiger partial charge in [0.2, 0.25) is 11.8 Å². The summed E-state index contributed by atoms with van der Waals surface area (Å²) in [4.78, 5) is 29.7. The number of carbonyl (C=O) groups is 2. The third-order valence-corrected chi connectivity index (χ3v) is 10.3. The van der Waals surface area contributed by atoms with Crippen molar-refractivity contribution in [2.24, 2.45) is 0 Å². The fourth-order valence-corrected chi connectivity index (χ4v) is 7.74. The van der Waals surface area contributed by atoms with E-state index in [0.717, 1.165) is 32.8 Å². The van der Waals surface area contributed by atoms with Crippen LogP contribution in [0, 0.1) is 0 Å². The van der Waals surface area contributed by atoms with Gasteiger partial charge in [-0.3, -0.25) is 13.9 Å². The Hall–Kier alpha value is -3.69. The van der Waals surface area contributed by atoms with Crippen LogP contribution < -0.4 is 9.62 Å². The lowest BCUT2D eigenvalue weighted by molar-refractivity contribution is -0.141. The van der Waals surface area contributed by atoms with E-state index in [4.69, 9.17) is 0 Å². The number of nitrogens with one attached hydrogen (secondary N) is 1. The van der Waals surface area contributed by atoms with E-state index in [-0.39, 0.29) is 37.4 Å². The van der Waals surface area contributed by atoms with Gasteiger partial charge in [0.05, 0.1) is 10.6 Å². The van der Waals surface area contributed by atoms with Crippen molar-refractivity contribution >= 4 is 54.2 Å². The van der Waals surface area contributed by atoms with Crippen molar-refractivity contribution in [1.29, 1.82) is 0 Å². The van der Waals surface area contributed by atoms with E-state index >= 15 is 0 Å². The average Bonchev–Trinajstić information content (AvgIpc) is 3.22. The first-order valence-electron chi connectivity index (χ1n) is 14.6. The smallest absolute Gasteiger partial charge is 0.265 e. The van der Waals surface area contributed by atoms with E-state index in [0.29, 0.717) is 23.4 Å². The number of anilines is 1. The first kappa shape index (κ1) is 30.8. The fraction of sp³-hybridized carbons (Fsp3) is 0.294. The van der Waals surface area contributed by atoms with Crippen LogP contribution in [0.3, 0.4) is 0 Å². The van der Waals surface area contributed by atoms with E-state index in [1.54, 1.807) is 17.0 Å². The van der Waals surface area contributed by atoms with Crippen LogP contribution in [0.1, 0.15) is 44.2 Å². The van der Waals surface area contributed by atoms with Gasteiger partial charge in [0.25, 0.3) is 10.0 Å². The molecule has 43 heavy (non-hydrogen) atoms. The summed E-state index contributed by atoms with van der Waals surface area (Å²) >= 11 is 3.52. The van der Waals surface area contributed by atoms with E-state index < -0.39 is 16.1 Å². The molecule has 2 amide bonds. The van der Waals surface area contributed by atoms with Crippen molar-refractivity contribution in [2.75, 3.05) is 10.8 Å². The average molecular weight is 663 g/mol.